The first-order valence-corrected chi connectivity index (χ1v) is 4.33. The van der Waals surface area contributed by atoms with E-state index in [2.05, 4.69) is 6.07 Å². The van der Waals surface area contributed by atoms with E-state index in [1.54, 1.807) is 0 Å². The molecule has 1 radical (unpaired) electrons. The van der Waals surface area contributed by atoms with Crippen molar-refractivity contribution in [1.82, 2.24) is 0 Å². The van der Waals surface area contributed by atoms with E-state index in [0.29, 0.717) is 5.92 Å². The molecule has 0 bridgehead atoms. The Bertz CT molecular complexity index is 262. The molecule has 1 nitrogen and oxygen atoms in total. The summed E-state index contributed by atoms with van der Waals surface area (Å²) >= 11 is 0. The van der Waals surface area contributed by atoms with Gasteiger partial charge in [-0.2, -0.15) is 0 Å². The molecule has 1 aromatic rings. The largest absolute Gasteiger partial charge is 0.303 e. The van der Waals surface area contributed by atoms with E-state index in [1.807, 2.05) is 24.3 Å². The van der Waals surface area contributed by atoms with E-state index in [0.717, 1.165) is 11.8 Å². The Kier molecular flexibility index (Phi) is 1.94. The highest BCUT2D eigenvalue weighted by Crippen LogP contribution is 2.41. The van der Waals surface area contributed by atoms with Crippen LogP contribution in [0.5, 0.6) is 0 Å². The third-order valence-electron chi connectivity index (χ3n) is 2.41. The summed E-state index contributed by atoms with van der Waals surface area (Å²) in [5, 5.41) is 0. The van der Waals surface area contributed by atoms with Gasteiger partial charge in [-0.3, -0.25) is 0 Å². The molecule has 0 aliphatic heterocycles. The Labute approximate surface area is 72.4 Å². The predicted molar refractivity (Wildman–Crippen MR) is 46.8 cm³/mol. The van der Waals surface area contributed by atoms with Gasteiger partial charge >= 0.3 is 0 Å². The normalized spacial score (nSPS) is 18.7. The first-order chi connectivity index (χ1) is 5.92. The van der Waals surface area contributed by atoms with Crippen molar-refractivity contribution in [3.05, 3.63) is 35.9 Å². The molecule has 1 atom stereocenters. The summed E-state index contributed by atoms with van der Waals surface area (Å²) < 4.78 is 0. The molecular weight excluding hydrogens is 148 g/mol. The lowest BCUT2D eigenvalue weighted by Crippen LogP contribution is -2.01. The highest BCUT2D eigenvalue weighted by Gasteiger charge is 2.31. The third kappa shape index (κ3) is 1.40. The van der Waals surface area contributed by atoms with Crippen LogP contribution in [-0.2, 0) is 4.79 Å². The van der Waals surface area contributed by atoms with Gasteiger partial charge in [-0.25, -0.2) is 0 Å². The van der Waals surface area contributed by atoms with Crippen LogP contribution >= 0.6 is 0 Å². The summed E-state index contributed by atoms with van der Waals surface area (Å²) in [6.45, 7) is 0. The van der Waals surface area contributed by atoms with Gasteiger partial charge in [-0.05, 0) is 30.4 Å². The van der Waals surface area contributed by atoms with E-state index in [4.69, 9.17) is 0 Å². The van der Waals surface area contributed by atoms with Crippen LogP contribution in [0.25, 0.3) is 0 Å². The van der Waals surface area contributed by atoms with Crippen molar-refractivity contribution in [2.45, 2.75) is 18.8 Å². The maximum Gasteiger partial charge on any atom is 0.127 e. The molecule has 0 N–H and O–H groups in total. The topological polar surface area (TPSA) is 17.1 Å². The van der Waals surface area contributed by atoms with Gasteiger partial charge in [0.25, 0.3) is 0 Å². The molecule has 1 saturated carbocycles. The first kappa shape index (κ1) is 7.53. The second-order valence-electron chi connectivity index (χ2n) is 3.33. The Morgan fingerprint density at radius 1 is 1.42 bits per heavy atom. The summed E-state index contributed by atoms with van der Waals surface area (Å²) in [4.78, 5) is 10.8. The van der Waals surface area contributed by atoms with Crippen LogP contribution in [0.2, 0.25) is 0 Å². The molecule has 12 heavy (non-hydrogen) atoms. The van der Waals surface area contributed by atoms with Crippen molar-refractivity contribution in [1.29, 1.82) is 0 Å². The zero-order chi connectivity index (χ0) is 8.39. The first-order valence-electron chi connectivity index (χ1n) is 4.33. The molecule has 2 rings (SSSR count). The van der Waals surface area contributed by atoms with Crippen LogP contribution < -0.4 is 0 Å². The molecule has 0 saturated heterocycles. The second-order valence-corrected chi connectivity index (χ2v) is 3.33. The van der Waals surface area contributed by atoms with Gasteiger partial charge in [0.2, 0.25) is 0 Å². The number of aldehydes is 1. The Morgan fingerprint density at radius 2 is 2.08 bits per heavy atom. The lowest BCUT2D eigenvalue weighted by atomic mass is 9.96. The van der Waals surface area contributed by atoms with Gasteiger partial charge in [0.15, 0.2) is 0 Å². The average Bonchev–Trinajstić information content (AvgIpc) is 2.92. The van der Waals surface area contributed by atoms with E-state index in [1.165, 1.54) is 12.8 Å². The lowest BCUT2D eigenvalue weighted by Gasteiger charge is -2.07. The molecule has 0 aromatic heterocycles. The zero-order valence-corrected chi connectivity index (χ0v) is 6.86. The molecule has 0 heterocycles. The van der Waals surface area contributed by atoms with E-state index >= 15 is 0 Å². The molecule has 0 spiro atoms. The fraction of sp³-hybridized carbons (Fsp3) is 0.364. The summed E-state index contributed by atoms with van der Waals surface area (Å²) in [5.41, 5.74) is 1.14. The van der Waals surface area contributed by atoms with Crippen molar-refractivity contribution in [2.24, 2.45) is 5.92 Å². The predicted octanol–water partition coefficient (Wildman–Crippen LogP) is 2.18. The average molecular weight is 159 g/mol. The van der Waals surface area contributed by atoms with Crippen molar-refractivity contribution < 1.29 is 4.79 Å². The highest BCUT2D eigenvalue weighted by molar-refractivity contribution is 5.63. The molecule has 1 aliphatic carbocycles. The monoisotopic (exact) mass is 159 g/mol. The van der Waals surface area contributed by atoms with Crippen LogP contribution in [0.1, 0.15) is 24.3 Å². The quantitative estimate of drug-likeness (QED) is 0.618. The minimum Gasteiger partial charge on any atom is -0.303 e. The lowest BCUT2D eigenvalue weighted by molar-refractivity contribution is -0.109. The summed E-state index contributed by atoms with van der Waals surface area (Å²) in [6, 6.07) is 10.7. The number of carbonyl (C=O) groups excluding carboxylic acids is 1. The SMILES string of the molecule is O=CC(c1cc[c]cc1)C1CC1. The van der Waals surface area contributed by atoms with Crippen LogP contribution in [0.15, 0.2) is 24.3 Å². The van der Waals surface area contributed by atoms with Crippen LogP contribution in [0.4, 0.5) is 0 Å². The molecule has 0 amide bonds. The fourth-order valence-corrected chi connectivity index (χ4v) is 1.54. The summed E-state index contributed by atoms with van der Waals surface area (Å²) in [6.07, 6.45) is 3.50. The smallest absolute Gasteiger partial charge is 0.127 e. The van der Waals surface area contributed by atoms with Gasteiger partial charge in [-0.1, -0.05) is 24.3 Å². The molecule has 1 aliphatic rings. The minimum absolute atomic E-state index is 0.139. The Morgan fingerprint density at radius 3 is 2.58 bits per heavy atom. The number of carbonyl (C=O) groups is 1. The van der Waals surface area contributed by atoms with Gasteiger partial charge in [0, 0.05) is 5.92 Å². The second kappa shape index (κ2) is 3.10. The molecule has 1 fully saturated rings. The van der Waals surface area contributed by atoms with Crippen LogP contribution in [0, 0.1) is 12.0 Å². The van der Waals surface area contributed by atoms with Gasteiger partial charge in [0.05, 0.1) is 0 Å². The Hall–Kier alpha value is -1.11. The Balaban J connectivity index is 2.21. The van der Waals surface area contributed by atoms with Gasteiger partial charge in [-0.15, -0.1) is 0 Å². The molecule has 1 aromatic carbocycles. The zero-order valence-electron chi connectivity index (χ0n) is 6.86. The van der Waals surface area contributed by atoms with E-state index in [-0.39, 0.29) is 5.92 Å². The maximum absolute atomic E-state index is 10.8. The van der Waals surface area contributed by atoms with Crippen molar-refractivity contribution in [3.63, 3.8) is 0 Å². The number of hydrogen-bond acceptors (Lipinski definition) is 1. The number of rotatable bonds is 3. The van der Waals surface area contributed by atoms with Gasteiger partial charge < -0.3 is 4.79 Å². The standard InChI is InChI=1S/C11H11O/c12-8-11(10-6-7-10)9-4-2-1-3-5-9/h2-5,8,10-11H,6-7H2. The van der Waals surface area contributed by atoms with Gasteiger partial charge in [0.1, 0.15) is 6.29 Å². The molecule has 1 unspecified atom stereocenters. The van der Waals surface area contributed by atoms with Crippen LogP contribution in [-0.4, -0.2) is 6.29 Å². The third-order valence-corrected chi connectivity index (χ3v) is 2.41. The van der Waals surface area contributed by atoms with Crippen molar-refractivity contribution in [3.8, 4) is 0 Å². The summed E-state index contributed by atoms with van der Waals surface area (Å²) in [5.74, 6) is 0.754. The number of benzene rings is 1. The van der Waals surface area contributed by atoms with E-state index in [9.17, 15) is 4.79 Å². The van der Waals surface area contributed by atoms with Crippen molar-refractivity contribution >= 4 is 6.29 Å². The highest BCUT2D eigenvalue weighted by atomic mass is 16.1. The van der Waals surface area contributed by atoms with Crippen LogP contribution in [0.3, 0.4) is 0 Å². The minimum atomic E-state index is 0.139. The molecule has 1 heteroatoms. The van der Waals surface area contributed by atoms with E-state index < -0.39 is 0 Å². The molecular formula is C11H11O. The molecule has 61 valence electrons. The number of hydrogen-bond donors (Lipinski definition) is 0. The fourth-order valence-electron chi connectivity index (χ4n) is 1.54. The van der Waals surface area contributed by atoms with Crippen molar-refractivity contribution in [2.75, 3.05) is 0 Å². The summed E-state index contributed by atoms with van der Waals surface area (Å²) in [7, 11) is 0. The maximum atomic E-state index is 10.8.